The van der Waals surface area contributed by atoms with Crippen LogP contribution in [0.2, 0.25) is 0 Å². The maximum absolute atomic E-state index is 5.55. The molecule has 5 nitrogen and oxygen atoms in total. The van der Waals surface area contributed by atoms with Crippen molar-refractivity contribution in [1.82, 2.24) is 15.6 Å². The second-order valence-electron chi connectivity index (χ2n) is 5.56. The summed E-state index contributed by atoms with van der Waals surface area (Å²) in [6, 6.07) is 2.08. The summed E-state index contributed by atoms with van der Waals surface area (Å²) in [5.74, 6) is 0.882. The largest absolute Gasteiger partial charge is 0.381 e. The van der Waals surface area contributed by atoms with Gasteiger partial charge in [0.1, 0.15) is 0 Å². The fourth-order valence-electron chi connectivity index (χ4n) is 2.15. The van der Waals surface area contributed by atoms with E-state index in [2.05, 4.69) is 47.4 Å². The molecular formula is C18H32N4O. The number of aryl methyl sites for hydroxylation is 1. The zero-order chi connectivity index (χ0) is 16.8. The van der Waals surface area contributed by atoms with Crippen LogP contribution in [0.25, 0.3) is 0 Å². The average molecular weight is 320 g/mol. The van der Waals surface area contributed by atoms with Crippen molar-refractivity contribution in [3.63, 3.8) is 0 Å². The molecule has 0 fully saturated rings. The van der Waals surface area contributed by atoms with Crippen LogP contribution in [-0.2, 0) is 11.2 Å². The number of ether oxygens (including phenoxy) is 1. The van der Waals surface area contributed by atoms with E-state index in [4.69, 9.17) is 4.74 Å². The molecule has 0 aromatic carbocycles. The highest BCUT2D eigenvalue weighted by atomic mass is 16.5. The molecule has 0 aliphatic carbocycles. The Bertz CT molecular complexity index is 448. The fourth-order valence-corrected chi connectivity index (χ4v) is 2.15. The van der Waals surface area contributed by atoms with Crippen molar-refractivity contribution >= 4 is 5.96 Å². The number of aromatic nitrogens is 1. The van der Waals surface area contributed by atoms with Gasteiger partial charge in [-0.3, -0.25) is 9.98 Å². The number of unbranched alkanes of at least 4 members (excludes halogenated alkanes) is 1. The van der Waals surface area contributed by atoms with Crippen molar-refractivity contribution in [1.29, 1.82) is 0 Å². The summed E-state index contributed by atoms with van der Waals surface area (Å²) in [4.78, 5) is 8.71. The molecule has 1 aromatic heterocycles. The van der Waals surface area contributed by atoms with Gasteiger partial charge in [-0.05, 0) is 50.3 Å². The lowest BCUT2D eigenvalue weighted by Gasteiger charge is -2.12. The second kappa shape index (κ2) is 12.9. The molecule has 1 rings (SSSR count). The van der Waals surface area contributed by atoms with Crippen molar-refractivity contribution in [3.8, 4) is 0 Å². The molecule has 23 heavy (non-hydrogen) atoms. The van der Waals surface area contributed by atoms with Crippen LogP contribution >= 0.6 is 0 Å². The number of hydrogen-bond donors (Lipinski definition) is 2. The molecule has 0 bridgehead atoms. The number of hydrogen-bond acceptors (Lipinski definition) is 3. The molecule has 0 aliphatic rings. The minimum absolute atomic E-state index is 0.787. The van der Waals surface area contributed by atoms with Crippen LogP contribution in [0.15, 0.2) is 23.5 Å². The Kier molecular flexibility index (Phi) is 10.9. The molecule has 0 spiro atoms. The smallest absolute Gasteiger partial charge is 0.191 e. The van der Waals surface area contributed by atoms with Crippen LogP contribution in [0.5, 0.6) is 0 Å². The lowest BCUT2D eigenvalue weighted by Crippen LogP contribution is -2.38. The lowest BCUT2D eigenvalue weighted by molar-refractivity contribution is 0.130. The molecule has 130 valence electrons. The van der Waals surface area contributed by atoms with Gasteiger partial charge in [0.05, 0.1) is 0 Å². The molecule has 0 unspecified atom stereocenters. The number of rotatable bonds is 11. The summed E-state index contributed by atoms with van der Waals surface area (Å²) in [7, 11) is 0. The topological polar surface area (TPSA) is 58.5 Å². The van der Waals surface area contributed by atoms with Gasteiger partial charge in [-0.1, -0.05) is 13.3 Å². The molecule has 1 heterocycles. The van der Waals surface area contributed by atoms with E-state index in [0.29, 0.717) is 0 Å². The van der Waals surface area contributed by atoms with E-state index in [0.717, 1.165) is 58.1 Å². The van der Waals surface area contributed by atoms with Crippen LogP contribution < -0.4 is 10.6 Å². The Balaban J connectivity index is 2.25. The van der Waals surface area contributed by atoms with Gasteiger partial charge >= 0.3 is 0 Å². The van der Waals surface area contributed by atoms with Gasteiger partial charge in [-0.25, -0.2) is 0 Å². The molecule has 0 saturated heterocycles. The zero-order valence-electron chi connectivity index (χ0n) is 14.9. The van der Waals surface area contributed by atoms with Gasteiger partial charge in [0.25, 0.3) is 0 Å². The molecule has 1 aromatic rings. The van der Waals surface area contributed by atoms with E-state index in [9.17, 15) is 0 Å². The third kappa shape index (κ3) is 9.18. The number of nitrogens with one attached hydrogen (secondary N) is 2. The quantitative estimate of drug-likeness (QED) is 0.374. The summed E-state index contributed by atoms with van der Waals surface area (Å²) in [6.45, 7) is 10.5. The maximum Gasteiger partial charge on any atom is 0.191 e. The van der Waals surface area contributed by atoms with Gasteiger partial charge < -0.3 is 15.4 Å². The van der Waals surface area contributed by atoms with Crippen molar-refractivity contribution in [2.75, 3.05) is 32.8 Å². The first-order chi connectivity index (χ1) is 11.3. The summed E-state index contributed by atoms with van der Waals surface area (Å²) >= 11 is 0. The van der Waals surface area contributed by atoms with E-state index in [1.54, 1.807) is 0 Å². The fraction of sp³-hybridized carbons (Fsp3) is 0.667. The molecule has 5 heteroatoms. The summed E-state index contributed by atoms with van der Waals surface area (Å²) in [5.41, 5.74) is 2.56. The van der Waals surface area contributed by atoms with Gasteiger partial charge in [0, 0.05) is 45.2 Å². The first-order valence-electron chi connectivity index (χ1n) is 8.77. The van der Waals surface area contributed by atoms with Crippen LogP contribution in [-0.4, -0.2) is 43.8 Å². The number of aliphatic imine (C=N–C) groups is 1. The van der Waals surface area contributed by atoms with E-state index in [-0.39, 0.29) is 0 Å². The van der Waals surface area contributed by atoms with Gasteiger partial charge in [0.2, 0.25) is 0 Å². The van der Waals surface area contributed by atoms with E-state index >= 15 is 0 Å². The van der Waals surface area contributed by atoms with Crippen molar-refractivity contribution in [2.24, 2.45) is 4.99 Å². The van der Waals surface area contributed by atoms with Crippen molar-refractivity contribution in [3.05, 3.63) is 29.6 Å². The molecule has 2 N–H and O–H groups in total. The van der Waals surface area contributed by atoms with Crippen LogP contribution in [0.4, 0.5) is 0 Å². The minimum Gasteiger partial charge on any atom is -0.381 e. The van der Waals surface area contributed by atoms with Gasteiger partial charge in [-0.15, -0.1) is 0 Å². The van der Waals surface area contributed by atoms with Crippen LogP contribution in [0.1, 0.15) is 44.2 Å². The highest BCUT2D eigenvalue weighted by molar-refractivity contribution is 5.79. The van der Waals surface area contributed by atoms with Crippen molar-refractivity contribution < 1.29 is 4.74 Å². The Morgan fingerprint density at radius 2 is 2.04 bits per heavy atom. The average Bonchev–Trinajstić information content (AvgIpc) is 2.55. The molecule has 0 aliphatic heterocycles. The van der Waals surface area contributed by atoms with Gasteiger partial charge in [-0.2, -0.15) is 0 Å². The maximum atomic E-state index is 5.55. The zero-order valence-corrected chi connectivity index (χ0v) is 14.9. The molecular weight excluding hydrogens is 288 g/mol. The Morgan fingerprint density at radius 3 is 2.78 bits per heavy atom. The Morgan fingerprint density at radius 1 is 1.22 bits per heavy atom. The standard InChI is InChI=1S/C18H32N4O/c1-4-6-13-23-14-7-10-21-18(20-5-2)22-12-9-17-8-11-19-15-16(17)3/h8,11,15H,4-7,9-10,12-14H2,1-3H3,(H2,20,21,22). The number of nitrogens with zero attached hydrogens (tertiary/aromatic N) is 2. The Labute approximate surface area is 141 Å². The third-order valence-corrected chi connectivity index (χ3v) is 3.53. The second-order valence-corrected chi connectivity index (χ2v) is 5.56. The summed E-state index contributed by atoms with van der Waals surface area (Å²) < 4.78 is 5.55. The first kappa shape index (κ1) is 19.4. The highest BCUT2D eigenvalue weighted by Gasteiger charge is 2.00. The first-order valence-corrected chi connectivity index (χ1v) is 8.77. The SMILES string of the molecule is CCCCOCCCN=C(NCC)NCCc1ccncc1C. The summed E-state index contributed by atoms with van der Waals surface area (Å²) in [5, 5.41) is 6.67. The van der Waals surface area contributed by atoms with Crippen LogP contribution in [0, 0.1) is 6.92 Å². The van der Waals surface area contributed by atoms with E-state index in [1.807, 2.05) is 12.4 Å². The van der Waals surface area contributed by atoms with E-state index in [1.165, 1.54) is 17.5 Å². The molecule has 0 saturated carbocycles. The molecule has 0 amide bonds. The molecule has 0 atom stereocenters. The summed E-state index contributed by atoms with van der Waals surface area (Å²) in [6.07, 6.45) is 8.02. The Hall–Kier alpha value is -1.62. The van der Waals surface area contributed by atoms with E-state index < -0.39 is 0 Å². The number of pyridine rings is 1. The predicted octanol–water partition coefficient (Wildman–Crippen LogP) is 2.69. The minimum atomic E-state index is 0.787. The normalized spacial score (nSPS) is 11.5. The highest BCUT2D eigenvalue weighted by Crippen LogP contribution is 2.04. The van der Waals surface area contributed by atoms with Crippen LogP contribution in [0.3, 0.4) is 0 Å². The monoisotopic (exact) mass is 320 g/mol. The van der Waals surface area contributed by atoms with Crippen molar-refractivity contribution in [2.45, 2.75) is 46.5 Å². The number of guanidine groups is 1. The molecule has 0 radical (unpaired) electrons. The predicted molar refractivity (Wildman–Crippen MR) is 97.0 cm³/mol. The third-order valence-electron chi connectivity index (χ3n) is 3.53. The van der Waals surface area contributed by atoms with Gasteiger partial charge in [0.15, 0.2) is 5.96 Å². The lowest BCUT2D eigenvalue weighted by atomic mass is 10.1.